The van der Waals surface area contributed by atoms with Crippen LogP contribution in [-0.2, 0) is 11.4 Å². The lowest BCUT2D eigenvalue weighted by Crippen LogP contribution is -2.44. The molecule has 9 heteroatoms. The summed E-state index contributed by atoms with van der Waals surface area (Å²) in [7, 11) is 1.64. The summed E-state index contributed by atoms with van der Waals surface area (Å²) in [6, 6.07) is 13.9. The van der Waals surface area contributed by atoms with Crippen molar-refractivity contribution < 1.29 is 14.3 Å². The largest absolute Gasteiger partial charge is 0.493 e. The van der Waals surface area contributed by atoms with Crippen LogP contribution in [0, 0.1) is 5.41 Å². The van der Waals surface area contributed by atoms with Crippen LogP contribution in [0.2, 0.25) is 0 Å². The highest BCUT2D eigenvalue weighted by Crippen LogP contribution is 2.44. The van der Waals surface area contributed by atoms with Gasteiger partial charge in [-0.25, -0.2) is 5.43 Å². The second-order valence-electron chi connectivity index (χ2n) is 10.2. The van der Waals surface area contributed by atoms with Gasteiger partial charge in [0.15, 0.2) is 11.5 Å². The van der Waals surface area contributed by atoms with Gasteiger partial charge in [-0.2, -0.15) is 5.21 Å². The van der Waals surface area contributed by atoms with Crippen LogP contribution in [-0.4, -0.2) is 44.7 Å². The number of nitrogens with one attached hydrogen (secondary N) is 2. The van der Waals surface area contributed by atoms with Crippen molar-refractivity contribution >= 4 is 5.91 Å². The number of amides is 1. The third-order valence-corrected chi connectivity index (χ3v) is 7.42. The van der Waals surface area contributed by atoms with Gasteiger partial charge in [-0.1, -0.05) is 56.0 Å². The normalized spacial score (nSPS) is 20.4. The summed E-state index contributed by atoms with van der Waals surface area (Å²) in [5, 5.41) is 16.0. The minimum absolute atomic E-state index is 0.143. The minimum atomic E-state index is -0.566. The first-order valence-corrected chi connectivity index (χ1v) is 12.7. The molecule has 2 fully saturated rings. The van der Waals surface area contributed by atoms with Gasteiger partial charge in [0, 0.05) is 11.6 Å². The van der Waals surface area contributed by atoms with Gasteiger partial charge in [-0.3, -0.25) is 9.80 Å². The maximum absolute atomic E-state index is 13.4. The van der Waals surface area contributed by atoms with Gasteiger partial charge in [0.1, 0.15) is 6.61 Å². The maximum Gasteiger partial charge on any atom is 0.244 e. The van der Waals surface area contributed by atoms with Gasteiger partial charge in [0.05, 0.1) is 18.6 Å². The summed E-state index contributed by atoms with van der Waals surface area (Å²) in [6.07, 6.45) is 6.98. The van der Waals surface area contributed by atoms with E-state index in [4.69, 9.17) is 9.47 Å². The number of carbonyl (C=O) groups excluding carboxylic acids is 1. The molecule has 3 aromatic rings. The van der Waals surface area contributed by atoms with Crippen LogP contribution in [0.15, 0.2) is 42.5 Å². The summed E-state index contributed by atoms with van der Waals surface area (Å²) < 4.78 is 11.8. The lowest BCUT2D eigenvalue weighted by molar-refractivity contribution is -0.138. The summed E-state index contributed by atoms with van der Waals surface area (Å²) in [4.78, 5) is 13.4. The van der Waals surface area contributed by atoms with E-state index in [-0.39, 0.29) is 18.0 Å². The monoisotopic (exact) mass is 490 g/mol. The molecule has 5 rings (SSSR count). The third-order valence-electron chi connectivity index (χ3n) is 7.42. The molecule has 1 atom stereocenters. The Bertz CT molecular complexity index is 1170. The fourth-order valence-electron chi connectivity index (χ4n) is 5.25. The van der Waals surface area contributed by atoms with Crippen LogP contribution >= 0.6 is 0 Å². The zero-order valence-electron chi connectivity index (χ0n) is 21.2. The molecule has 2 aliphatic rings. The van der Waals surface area contributed by atoms with E-state index < -0.39 is 5.41 Å². The van der Waals surface area contributed by atoms with Crippen molar-refractivity contribution in [3.63, 3.8) is 0 Å². The predicted octanol–water partition coefficient (Wildman–Crippen LogP) is 4.59. The van der Waals surface area contributed by atoms with Crippen LogP contribution < -0.4 is 14.9 Å². The van der Waals surface area contributed by atoms with Crippen molar-refractivity contribution in [3.8, 4) is 22.9 Å². The fourth-order valence-corrected chi connectivity index (χ4v) is 5.25. The number of rotatable bonds is 7. The molecule has 1 unspecified atom stereocenters. The molecule has 2 heterocycles. The highest BCUT2D eigenvalue weighted by atomic mass is 16.5. The Balaban J connectivity index is 1.33. The zero-order valence-corrected chi connectivity index (χ0v) is 21.2. The average molecular weight is 491 g/mol. The first-order chi connectivity index (χ1) is 17.5. The van der Waals surface area contributed by atoms with Crippen LogP contribution in [0.25, 0.3) is 11.4 Å². The molecule has 1 aliphatic carbocycles. The fraction of sp³-hybridized carbons (Fsp3) is 0.481. The summed E-state index contributed by atoms with van der Waals surface area (Å²) >= 11 is 0. The van der Waals surface area contributed by atoms with Gasteiger partial charge < -0.3 is 9.47 Å². The molecule has 0 bridgehead atoms. The number of methoxy groups -OCH3 is 1. The molecular formula is C27H34N6O3. The smallest absolute Gasteiger partial charge is 0.244 e. The lowest BCUT2D eigenvalue weighted by atomic mass is 9.81. The quantitative estimate of drug-likeness (QED) is 0.467. The molecule has 1 aromatic heterocycles. The lowest BCUT2D eigenvalue weighted by Gasteiger charge is -2.27. The number of hydrogen-bond donors (Lipinski definition) is 2. The second-order valence-corrected chi connectivity index (χ2v) is 10.2. The van der Waals surface area contributed by atoms with E-state index in [1.165, 1.54) is 25.7 Å². The number of nitrogens with zero attached hydrogens (tertiary/aromatic N) is 4. The number of benzene rings is 2. The highest BCUT2D eigenvalue weighted by molar-refractivity contribution is 5.85. The molecule has 2 aromatic carbocycles. The van der Waals surface area contributed by atoms with Crippen molar-refractivity contribution in [1.29, 1.82) is 0 Å². The van der Waals surface area contributed by atoms with Gasteiger partial charge in [-0.05, 0) is 55.2 Å². The number of tetrazole rings is 1. The molecule has 36 heavy (non-hydrogen) atoms. The molecule has 9 nitrogen and oxygen atoms in total. The first-order valence-electron chi connectivity index (χ1n) is 12.7. The Morgan fingerprint density at radius 2 is 1.78 bits per heavy atom. The predicted molar refractivity (Wildman–Crippen MR) is 135 cm³/mol. The molecule has 0 radical (unpaired) electrons. The van der Waals surface area contributed by atoms with Crippen molar-refractivity contribution in [2.45, 2.75) is 71.1 Å². The maximum atomic E-state index is 13.4. The molecule has 1 amide bonds. The van der Waals surface area contributed by atoms with E-state index in [0.29, 0.717) is 23.9 Å². The Morgan fingerprint density at radius 1 is 1.03 bits per heavy atom. The molecular weight excluding hydrogens is 456 g/mol. The van der Waals surface area contributed by atoms with Crippen molar-refractivity contribution in [3.05, 3.63) is 53.6 Å². The molecule has 190 valence electrons. The number of H-pyrrole nitrogens is 1. The Hall–Kier alpha value is -3.46. The van der Waals surface area contributed by atoms with E-state index in [0.717, 1.165) is 29.5 Å². The van der Waals surface area contributed by atoms with E-state index in [9.17, 15) is 4.79 Å². The van der Waals surface area contributed by atoms with Crippen molar-refractivity contribution in [1.82, 2.24) is 31.1 Å². The highest BCUT2D eigenvalue weighted by Gasteiger charge is 2.49. The standard InChI is InChI=1S/C27H34N6O3/c1-27(2)24(30-33(26(27)34)21-8-6-4-5-7-9-21)20-14-15-22(35-3)23(16-20)36-17-18-10-12-19(13-11-18)25-28-31-32-29-25/h10-16,21,24,30H,4-9,17H2,1-3H3,(H,28,29,31,32). The summed E-state index contributed by atoms with van der Waals surface area (Å²) in [6.45, 7) is 4.43. The molecule has 0 spiro atoms. The van der Waals surface area contributed by atoms with E-state index in [1.54, 1.807) is 7.11 Å². The molecule has 1 saturated carbocycles. The van der Waals surface area contributed by atoms with E-state index >= 15 is 0 Å². The SMILES string of the molecule is COc1ccc(C2NN(C3CCCCCC3)C(=O)C2(C)C)cc1OCc1ccc(-c2nn[nH]n2)cc1. The molecule has 1 saturated heterocycles. The number of aromatic nitrogens is 4. The zero-order chi connectivity index (χ0) is 25.1. The van der Waals surface area contributed by atoms with E-state index in [2.05, 4.69) is 26.0 Å². The number of hydrogen-bond acceptors (Lipinski definition) is 7. The van der Waals surface area contributed by atoms with Crippen molar-refractivity contribution in [2.75, 3.05) is 7.11 Å². The Morgan fingerprint density at radius 3 is 2.44 bits per heavy atom. The van der Waals surface area contributed by atoms with E-state index in [1.807, 2.05) is 61.3 Å². The first kappa shape index (κ1) is 24.2. The summed E-state index contributed by atoms with van der Waals surface area (Å²) in [5.74, 6) is 2.02. The second kappa shape index (κ2) is 10.3. The summed E-state index contributed by atoms with van der Waals surface area (Å²) in [5.41, 5.74) is 5.89. The van der Waals surface area contributed by atoms with Crippen LogP contribution in [0.3, 0.4) is 0 Å². The third kappa shape index (κ3) is 4.80. The van der Waals surface area contributed by atoms with Crippen LogP contribution in [0.4, 0.5) is 0 Å². The molecule has 2 N–H and O–H groups in total. The number of aromatic amines is 1. The Kier molecular flexibility index (Phi) is 6.91. The topological polar surface area (TPSA) is 105 Å². The number of carbonyl (C=O) groups is 1. The molecule has 1 aliphatic heterocycles. The minimum Gasteiger partial charge on any atom is -0.493 e. The number of ether oxygens (including phenoxy) is 2. The average Bonchev–Trinajstić information content (AvgIpc) is 3.41. The van der Waals surface area contributed by atoms with Gasteiger partial charge in [-0.15, -0.1) is 10.2 Å². The van der Waals surface area contributed by atoms with Gasteiger partial charge in [0.2, 0.25) is 11.7 Å². The van der Waals surface area contributed by atoms with Gasteiger partial charge in [0.25, 0.3) is 0 Å². The van der Waals surface area contributed by atoms with Crippen LogP contribution in [0.5, 0.6) is 11.5 Å². The van der Waals surface area contributed by atoms with Crippen LogP contribution in [0.1, 0.15) is 69.5 Å². The number of hydrazine groups is 1. The Labute approximate surface area is 211 Å². The van der Waals surface area contributed by atoms with Crippen molar-refractivity contribution in [2.24, 2.45) is 5.41 Å². The van der Waals surface area contributed by atoms with Gasteiger partial charge >= 0.3 is 0 Å².